The van der Waals surface area contributed by atoms with Gasteiger partial charge in [0, 0.05) is 6.26 Å². The Hall–Kier alpha value is -1.11. The second-order valence-electron chi connectivity index (χ2n) is 2.91. The molecule has 7 heteroatoms. The highest BCUT2D eigenvalue weighted by atomic mass is 32.2. The van der Waals surface area contributed by atoms with Crippen molar-refractivity contribution in [3.8, 4) is 0 Å². The number of rotatable bonds is 1. The molecule has 0 amide bonds. The normalized spacial score (nSPS) is 12.9. The molecule has 84 valence electrons. The molecule has 1 aromatic carbocycles. The fraction of sp³-hybridized carbons (Fsp3) is 0.250. The molecule has 0 aliphatic carbocycles. The number of halogens is 4. The number of alkyl halides is 3. The van der Waals surface area contributed by atoms with E-state index in [-0.39, 0.29) is 0 Å². The smallest absolute Gasteiger partial charge is 0.224 e. The van der Waals surface area contributed by atoms with Gasteiger partial charge in [0.25, 0.3) is 0 Å². The standard InChI is InChI=1S/C8H6F4O2S/c1-15(13,14)5-2-3-6(7(9)4-5)8(10,11)12/h2-4H,1H3. The molecule has 0 radical (unpaired) electrons. The lowest BCUT2D eigenvalue weighted by molar-refractivity contribution is -0.140. The van der Waals surface area contributed by atoms with Gasteiger partial charge in [-0.15, -0.1) is 0 Å². The van der Waals surface area contributed by atoms with Crippen molar-refractivity contribution in [1.29, 1.82) is 0 Å². The number of hydrogen-bond donors (Lipinski definition) is 0. The minimum atomic E-state index is -4.82. The summed E-state index contributed by atoms with van der Waals surface area (Å²) in [6.07, 6.45) is -4.03. The van der Waals surface area contributed by atoms with E-state index >= 15 is 0 Å². The van der Waals surface area contributed by atoms with E-state index in [1.165, 1.54) is 0 Å². The highest BCUT2D eigenvalue weighted by Crippen LogP contribution is 2.32. The second kappa shape index (κ2) is 3.48. The Bertz CT molecular complexity index is 476. The van der Waals surface area contributed by atoms with Crippen LogP contribution in [-0.4, -0.2) is 14.7 Å². The molecule has 0 bridgehead atoms. The lowest BCUT2D eigenvalue weighted by atomic mass is 10.2. The fourth-order valence-corrected chi connectivity index (χ4v) is 1.59. The van der Waals surface area contributed by atoms with Gasteiger partial charge in [-0.1, -0.05) is 0 Å². The van der Waals surface area contributed by atoms with Crippen LogP contribution in [0.15, 0.2) is 23.1 Å². The van der Waals surface area contributed by atoms with E-state index in [1.807, 2.05) is 0 Å². The predicted molar refractivity (Wildman–Crippen MR) is 44.5 cm³/mol. The number of benzene rings is 1. The molecule has 0 N–H and O–H groups in total. The maximum absolute atomic E-state index is 12.9. The largest absolute Gasteiger partial charge is 0.419 e. The molecule has 0 heterocycles. The maximum Gasteiger partial charge on any atom is 0.419 e. The summed E-state index contributed by atoms with van der Waals surface area (Å²) in [7, 11) is -3.69. The van der Waals surface area contributed by atoms with Gasteiger partial charge in [0.1, 0.15) is 5.82 Å². The minimum Gasteiger partial charge on any atom is -0.224 e. The average Bonchev–Trinajstić information content (AvgIpc) is 1.99. The monoisotopic (exact) mass is 242 g/mol. The molecular formula is C8H6F4O2S. The van der Waals surface area contributed by atoms with Gasteiger partial charge in [-0.2, -0.15) is 13.2 Å². The van der Waals surface area contributed by atoms with Crippen LogP contribution in [0.2, 0.25) is 0 Å². The Morgan fingerprint density at radius 1 is 1.20 bits per heavy atom. The molecule has 0 unspecified atom stereocenters. The van der Waals surface area contributed by atoms with Gasteiger partial charge in [0.05, 0.1) is 10.5 Å². The summed E-state index contributed by atoms with van der Waals surface area (Å²) in [5, 5.41) is 0. The van der Waals surface area contributed by atoms with Crippen molar-refractivity contribution in [3.63, 3.8) is 0 Å². The lowest BCUT2D eigenvalue weighted by Gasteiger charge is -2.08. The van der Waals surface area contributed by atoms with Crippen LogP contribution in [0.5, 0.6) is 0 Å². The predicted octanol–water partition coefficient (Wildman–Crippen LogP) is 2.25. The summed E-state index contributed by atoms with van der Waals surface area (Å²) < 4.78 is 71.0. The summed E-state index contributed by atoms with van der Waals surface area (Å²) >= 11 is 0. The molecule has 15 heavy (non-hydrogen) atoms. The van der Waals surface area contributed by atoms with E-state index in [1.54, 1.807) is 0 Å². The first-order chi connectivity index (χ1) is 6.62. The summed E-state index contributed by atoms with van der Waals surface area (Å²) in [6.45, 7) is 0. The van der Waals surface area contributed by atoms with Crippen LogP contribution in [0.3, 0.4) is 0 Å². The third-order valence-corrected chi connectivity index (χ3v) is 2.78. The van der Waals surface area contributed by atoms with Gasteiger partial charge >= 0.3 is 6.18 Å². The van der Waals surface area contributed by atoms with Crippen molar-refractivity contribution in [2.75, 3.05) is 6.26 Å². The molecule has 0 aromatic heterocycles. The van der Waals surface area contributed by atoms with E-state index in [0.29, 0.717) is 12.1 Å². The van der Waals surface area contributed by atoms with Crippen LogP contribution >= 0.6 is 0 Å². The summed E-state index contributed by atoms with van der Waals surface area (Å²) in [6, 6.07) is 1.49. The first kappa shape index (κ1) is 12.0. The quantitative estimate of drug-likeness (QED) is 0.708. The van der Waals surface area contributed by atoms with Gasteiger partial charge in [-0.25, -0.2) is 12.8 Å². The molecule has 0 saturated heterocycles. The second-order valence-corrected chi connectivity index (χ2v) is 4.93. The molecule has 1 rings (SSSR count). The summed E-state index contributed by atoms with van der Waals surface area (Å²) in [5.74, 6) is -1.59. The summed E-state index contributed by atoms with van der Waals surface area (Å²) in [4.78, 5) is -0.479. The fourth-order valence-electron chi connectivity index (χ4n) is 0.956. The van der Waals surface area contributed by atoms with Crippen LogP contribution in [0.25, 0.3) is 0 Å². The molecule has 0 fully saturated rings. The van der Waals surface area contributed by atoms with Gasteiger partial charge in [0.15, 0.2) is 9.84 Å². The van der Waals surface area contributed by atoms with Gasteiger partial charge in [-0.3, -0.25) is 0 Å². The Kier molecular flexibility index (Phi) is 2.77. The van der Waals surface area contributed by atoms with Crippen molar-refractivity contribution < 1.29 is 26.0 Å². The van der Waals surface area contributed by atoms with Crippen LogP contribution in [-0.2, 0) is 16.0 Å². The number of hydrogen-bond acceptors (Lipinski definition) is 2. The molecular weight excluding hydrogens is 236 g/mol. The number of sulfone groups is 1. The molecule has 1 aromatic rings. The van der Waals surface area contributed by atoms with Crippen molar-refractivity contribution in [2.24, 2.45) is 0 Å². The average molecular weight is 242 g/mol. The molecule has 0 spiro atoms. The molecule has 0 atom stereocenters. The molecule has 0 saturated carbocycles. The highest BCUT2D eigenvalue weighted by Gasteiger charge is 2.34. The van der Waals surface area contributed by atoms with Crippen LogP contribution in [0.4, 0.5) is 17.6 Å². The Labute approximate surface area is 83.4 Å². The third kappa shape index (κ3) is 2.68. The zero-order chi connectivity index (χ0) is 11.9. The summed E-state index contributed by atoms with van der Waals surface area (Å²) in [5.41, 5.74) is -1.48. The Morgan fingerprint density at radius 2 is 1.73 bits per heavy atom. The van der Waals surface area contributed by atoms with E-state index in [4.69, 9.17) is 0 Å². The van der Waals surface area contributed by atoms with Crippen LogP contribution in [0.1, 0.15) is 5.56 Å². The van der Waals surface area contributed by atoms with Gasteiger partial charge in [0.2, 0.25) is 0 Å². The van der Waals surface area contributed by atoms with Crippen molar-refractivity contribution in [2.45, 2.75) is 11.1 Å². The highest BCUT2D eigenvalue weighted by molar-refractivity contribution is 7.90. The van der Waals surface area contributed by atoms with Crippen molar-refractivity contribution in [3.05, 3.63) is 29.6 Å². The van der Waals surface area contributed by atoms with Crippen LogP contribution < -0.4 is 0 Å². The Morgan fingerprint density at radius 3 is 2.07 bits per heavy atom. The first-order valence-electron chi connectivity index (χ1n) is 3.69. The zero-order valence-electron chi connectivity index (χ0n) is 7.47. The van der Waals surface area contributed by atoms with Gasteiger partial charge < -0.3 is 0 Å². The third-order valence-electron chi connectivity index (χ3n) is 1.67. The SMILES string of the molecule is CS(=O)(=O)c1ccc(C(F)(F)F)c(F)c1. The van der Waals surface area contributed by atoms with E-state index in [9.17, 15) is 26.0 Å². The lowest BCUT2D eigenvalue weighted by Crippen LogP contribution is -2.09. The minimum absolute atomic E-state index is 0.359. The Balaban J connectivity index is 3.34. The van der Waals surface area contributed by atoms with Crippen molar-refractivity contribution >= 4 is 9.84 Å². The molecule has 2 nitrogen and oxygen atoms in total. The van der Waals surface area contributed by atoms with Crippen LogP contribution in [0, 0.1) is 5.82 Å². The van der Waals surface area contributed by atoms with Gasteiger partial charge in [-0.05, 0) is 18.2 Å². The topological polar surface area (TPSA) is 34.1 Å². The molecule has 0 aliphatic rings. The first-order valence-corrected chi connectivity index (χ1v) is 5.58. The maximum atomic E-state index is 12.9. The zero-order valence-corrected chi connectivity index (χ0v) is 8.29. The van der Waals surface area contributed by atoms with E-state index in [2.05, 4.69) is 0 Å². The molecule has 0 aliphatic heterocycles. The van der Waals surface area contributed by atoms with E-state index in [0.717, 1.165) is 12.3 Å². The van der Waals surface area contributed by atoms with E-state index < -0.39 is 32.3 Å². The van der Waals surface area contributed by atoms with Crippen molar-refractivity contribution in [1.82, 2.24) is 0 Å².